The number of thiazole rings is 1. The molecule has 0 saturated carbocycles. The second kappa shape index (κ2) is 6.96. The molecule has 0 fully saturated rings. The third kappa shape index (κ3) is 4.54. The van der Waals surface area contributed by atoms with Crippen LogP contribution in [0, 0.1) is 6.92 Å². The maximum atomic E-state index is 12.0. The first-order chi connectivity index (χ1) is 9.17. The predicted octanol–water partition coefficient (Wildman–Crippen LogP) is 3.23. The quantitative estimate of drug-likeness (QED) is 0.787. The van der Waals surface area contributed by atoms with Crippen LogP contribution in [0.5, 0.6) is 0 Å². The molecule has 0 aliphatic rings. The molecule has 4 nitrogen and oxygen atoms in total. The van der Waals surface area contributed by atoms with Crippen molar-refractivity contribution < 1.29 is 8.63 Å². The summed E-state index contributed by atoms with van der Waals surface area (Å²) >= 11 is 1.66. The van der Waals surface area contributed by atoms with Crippen molar-refractivity contribution >= 4 is 22.1 Å². The summed E-state index contributed by atoms with van der Waals surface area (Å²) in [6.07, 6.45) is 5.00. The normalized spacial score (nSPS) is 12.7. The van der Waals surface area contributed by atoms with Gasteiger partial charge in [-0.25, -0.2) is 9.97 Å². The van der Waals surface area contributed by atoms with Gasteiger partial charge in [-0.05, 0) is 19.8 Å². The molecular formula is C13H18N2O2S2. The van der Waals surface area contributed by atoms with Crippen LogP contribution in [0.25, 0.3) is 0 Å². The van der Waals surface area contributed by atoms with E-state index in [0.717, 1.165) is 29.3 Å². The molecule has 104 valence electrons. The van der Waals surface area contributed by atoms with Crippen LogP contribution in [0.3, 0.4) is 0 Å². The number of nitrogens with zero attached hydrogens (tertiary/aromatic N) is 2. The van der Waals surface area contributed by atoms with E-state index in [-0.39, 0.29) is 0 Å². The smallest absolute Gasteiger partial charge is 0.206 e. The van der Waals surface area contributed by atoms with Crippen LogP contribution in [-0.4, -0.2) is 14.2 Å². The second-order valence-electron chi connectivity index (χ2n) is 4.43. The molecule has 1 atom stereocenters. The number of unbranched alkanes of at least 4 members (excludes halogenated alkanes) is 1. The Hall–Kier alpha value is -1.01. The molecule has 0 aromatic carbocycles. The van der Waals surface area contributed by atoms with Crippen molar-refractivity contribution in [2.75, 3.05) is 0 Å². The van der Waals surface area contributed by atoms with Crippen LogP contribution >= 0.6 is 11.3 Å². The van der Waals surface area contributed by atoms with E-state index >= 15 is 0 Å². The van der Waals surface area contributed by atoms with Gasteiger partial charge in [0.2, 0.25) is 5.89 Å². The summed E-state index contributed by atoms with van der Waals surface area (Å²) in [4.78, 5) is 8.57. The molecule has 0 N–H and O–H groups in total. The highest BCUT2D eigenvalue weighted by Gasteiger charge is 2.10. The lowest BCUT2D eigenvalue weighted by Gasteiger charge is -1.96. The summed E-state index contributed by atoms with van der Waals surface area (Å²) in [6, 6.07) is 0. The average Bonchev–Trinajstić information content (AvgIpc) is 2.96. The molecule has 2 aromatic rings. The van der Waals surface area contributed by atoms with Gasteiger partial charge in [-0.2, -0.15) is 0 Å². The molecule has 0 aliphatic heterocycles. The van der Waals surface area contributed by atoms with E-state index in [1.54, 1.807) is 17.5 Å². The van der Waals surface area contributed by atoms with Crippen LogP contribution in [0.15, 0.2) is 16.0 Å². The van der Waals surface area contributed by atoms with Crippen molar-refractivity contribution in [2.24, 2.45) is 0 Å². The molecule has 2 rings (SSSR count). The van der Waals surface area contributed by atoms with Gasteiger partial charge in [0.05, 0.1) is 22.7 Å². The molecule has 0 unspecified atom stereocenters. The van der Waals surface area contributed by atoms with E-state index in [0.29, 0.717) is 17.4 Å². The lowest BCUT2D eigenvalue weighted by molar-refractivity contribution is 0.488. The van der Waals surface area contributed by atoms with Crippen molar-refractivity contribution in [3.63, 3.8) is 0 Å². The van der Waals surface area contributed by atoms with Gasteiger partial charge in [0.15, 0.2) is 0 Å². The molecule has 0 saturated heterocycles. The molecule has 0 bridgehead atoms. The minimum absolute atomic E-state index is 0.357. The van der Waals surface area contributed by atoms with Crippen LogP contribution in [0.1, 0.15) is 42.1 Å². The number of aryl methyl sites for hydroxylation is 2. The fourth-order valence-electron chi connectivity index (χ4n) is 1.68. The highest BCUT2D eigenvalue weighted by molar-refractivity contribution is 7.83. The predicted molar refractivity (Wildman–Crippen MR) is 77.5 cm³/mol. The summed E-state index contributed by atoms with van der Waals surface area (Å²) in [5.41, 5.74) is 0.915. The first kappa shape index (κ1) is 14.4. The van der Waals surface area contributed by atoms with Crippen LogP contribution < -0.4 is 0 Å². The Labute approximate surface area is 119 Å². The summed E-state index contributed by atoms with van der Waals surface area (Å²) in [5.74, 6) is 2.12. The third-order valence-corrected chi connectivity index (χ3v) is 4.75. The molecule has 0 radical (unpaired) electrons. The van der Waals surface area contributed by atoms with Crippen molar-refractivity contribution in [1.82, 2.24) is 9.97 Å². The average molecular weight is 298 g/mol. The third-order valence-electron chi connectivity index (χ3n) is 2.61. The monoisotopic (exact) mass is 298 g/mol. The molecule has 0 aliphatic carbocycles. The number of oxazole rings is 1. The van der Waals surface area contributed by atoms with Crippen molar-refractivity contribution in [2.45, 2.75) is 44.6 Å². The maximum absolute atomic E-state index is 12.0. The highest BCUT2D eigenvalue weighted by Crippen LogP contribution is 2.15. The molecule has 6 heteroatoms. The van der Waals surface area contributed by atoms with Crippen LogP contribution in [-0.2, 0) is 28.7 Å². The van der Waals surface area contributed by atoms with Gasteiger partial charge in [0, 0.05) is 16.2 Å². The second-order valence-corrected chi connectivity index (χ2v) is 6.83. The fourth-order valence-corrected chi connectivity index (χ4v) is 3.61. The van der Waals surface area contributed by atoms with Gasteiger partial charge in [-0.1, -0.05) is 13.3 Å². The Bertz CT molecular complexity index is 548. The van der Waals surface area contributed by atoms with Crippen LogP contribution in [0.4, 0.5) is 0 Å². The van der Waals surface area contributed by atoms with Crippen LogP contribution in [0.2, 0.25) is 0 Å². The van der Waals surface area contributed by atoms with Crippen molar-refractivity contribution in [3.8, 4) is 0 Å². The molecular weight excluding hydrogens is 280 g/mol. The lowest BCUT2D eigenvalue weighted by atomic mass is 10.3. The van der Waals surface area contributed by atoms with E-state index in [1.165, 1.54) is 6.42 Å². The maximum Gasteiger partial charge on any atom is 0.206 e. The summed E-state index contributed by atoms with van der Waals surface area (Å²) in [5, 5.41) is 3.14. The zero-order chi connectivity index (χ0) is 13.7. The summed E-state index contributed by atoms with van der Waals surface area (Å²) in [6.45, 7) is 4.00. The minimum Gasteiger partial charge on any atom is -0.445 e. The van der Waals surface area contributed by atoms with Crippen molar-refractivity contribution in [3.05, 3.63) is 33.9 Å². The van der Waals surface area contributed by atoms with E-state index in [1.807, 2.05) is 12.3 Å². The van der Waals surface area contributed by atoms with Gasteiger partial charge >= 0.3 is 0 Å². The Kier molecular flexibility index (Phi) is 5.27. The molecule has 0 spiro atoms. The Morgan fingerprint density at radius 3 is 2.95 bits per heavy atom. The fraction of sp³-hybridized carbons (Fsp3) is 0.538. The largest absolute Gasteiger partial charge is 0.445 e. The van der Waals surface area contributed by atoms with Crippen molar-refractivity contribution in [1.29, 1.82) is 0 Å². The molecule has 2 aromatic heterocycles. The molecule has 2 heterocycles. The van der Waals surface area contributed by atoms with Gasteiger partial charge in [0.25, 0.3) is 0 Å². The number of aromatic nitrogens is 2. The van der Waals surface area contributed by atoms with Gasteiger partial charge < -0.3 is 4.42 Å². The zero-order valence-corrected chi connectivity index (χ0v) is 12.9. The Balaban J connectivity index is 1.86. The number of hydrogen-bond donors (Lipinski definition) is 0. The standard InChI is InChI=1S/C13H18N2O2S2/c1-3-4-5-13-15-11(7-18-13)8-19(16)9-12-14-6-10(2)17-12/h6-7H,3-5,8-9H2,1-2H3/t19-/m1/s1. The van der Waals surface area contributed by atoms with Gasteiger partial charge in [-0.15, -0.1) is 11.3 Å². The van der Waals surface area contributed by atoms with E-state index < -0.39 is 10.8 Å². The van der Waals surface area contributed by atoms with E-state index in [2.05, 4.69) is 16.9 Å². The SMILES string of the molecule is CCCCc1nc(C[S@@](=O)Cc2ncc(C)o2)cs1. The Morgan fingerprint density at radius 1 is 1.42 bits per heavy atom. The topological polar surface area (TPSA) is 56.0 Å². The number of rotatable bonds is 7. The molecule has 0 amide bonds. The summed E-state index contributed by atoms with van der Waals surface area (Å²) in [7, 11) is -1.01. The first-order valence-corrected chi connectivity index (χ1v) is 8.73. The van der Waals surface area contributed by atoms with Gasteiger partial charge in [-0.3, -0.25) is 4.21 Å². The zero-order valence-electron chi connectivity index (χ0n) is 11.2. The Morgan fingerprint density at radius 2 is 2.26 bits per heavy atom. The lowest BCUT2D eigenvalue weighted by Crippen LogP contribution is -2.00. The van der Waals surface area contributed by atoms with E-state index in [9.17, 15) is 4.21 Å². The minimum atomic E-state index is -1.01. The number of hydrogen-bond acceptors (Lipinski definition) is 5. The molecule has 19 heavy (non-hydrogen) atoms. The highest BCUT2D eigenvalue weighted by atomic mass is 32.2. The summed E-state index contributed by atoms with van der Waals surface area (Å²) < 4.78 is 17.3. The first-order valence-electron chi connectivity index (χ1n) is 6.37. The van der Waals surface area contributed by atoms with E-state index in [4.69, 9.17) is 4.42 Å². The van der Waals surface area contributed by atoms with Gasteiger partial charge in [0.1, 0.15) is 11.5 Å².